The average molecular weight is 197 g/mol. The molecule has 2 nitrogen and oxygen atoms in total. The SMILES string of the molecule is CN1CCCN1c1cccc(Cl)c1. The van der Waals surface area contributed by atoms with E-state index in [9.17, 15) is 0 Å². The molecule has 0 saturated carbocycles. The van der Waals surface area contributed by atoms with Crippen molar-refractivity contribution in [1.29, 1.82) is 0 Å². The lowest BCUT2D eigenvalue weighted by molar-refractivity contribution is 0.383. The van der Waals surface area contributed by atoms with E-state index in [2.05, 4.69) is 23.1 Å². The van der Waals surface area contributed by atoms with Gasteiger partial charge in [-0.15, -0.1) is 0 Å². The Labute approximate surface area is 83.7 Å². The van der Waals surface area contributed by atoms with Crippen LogP contribution in [0.25, 0.3) is 0 Å². The third-order valence-corrected chi connectivity index (χ3v) is 2.61. The molecule has 0 N–H and O–H groups in total. The monoisotopic (exact) mass is 196 g/mol. The van der Waals surface area contributed by atoms with Crippen LogP contribution >= 0.6 is 11.6 Å². The van der Waals surface area contributed by atoms with Crippen molar-refractivity contribution in [3.05, 3.63) is 29.3 Å². The molecular formula is C10H13ClN2. The molecule has 1 aromatic carbocycles. The van der Waals surface area contributed by atoms with Gasteiger partial charge in [-0.05, 0) is 24.6 Å². The minimum Gasteiger partial charge on any atom is -0.306 e. The molecule has 1 heterocycles. The van der Waals surface area contributed by atoms with Gasteiger partial charge in [-0.3, -0.25) is 0 Å². The molecule has 1 saturated heterocycles. The molecular weight excluding hydrogens is 184 g/mol. The maximum atomic E-state index is 5.93. The Morgan fingerprint density at radius 1 is 1.31 bits per heavy atom. The Bertz CT molecular complexity index is 301. The normalized spacial score (nSPS) is 18.2. The lowest BCUT2D eigenvalue weighted by Gasteiger charge is -2.26. The molecule has 2 rings (SSSR count). The van der Waals surface area contributed by atoms with Crippen LogP contribution in [0.3, 0.4) is 0 Å². The highest BCUT2D eigenvalue weighted by Gasteiger charge is 2.17. The summed E-state index contributed by atoms with van der Waals surface area (Å²) in [5, 5.41) is 5.29. The van der Waals surface area contributed by atoms with E-state index in [1.54, 1.807) is 0 Å². The van der Waals surface area contributed by atoms with Crippen molar-refractivity contribution in [2.45, 2.75) is 6.42 Å². The van der Waals surface area contributed by atoms with Gasteiger partial charge in [-0.1, -0.05) is 17.7 Å². The summed E-state index contributed by atoms with van der Waals surface area (Å²) in [6, 6.07) is 7.99. The first-order valence-electron chi connectivity index (χ1n) is 4.51. The second-order valence-electron chi connectivity index (χ2n) is 3.34. The van der Waals surface area contributed by atoms with Gasteiger partial charge in [0.05, 0.1) is 5.69 Å². The zero-order valence-electron chi connectivity index (χ0n) is 7.70. The molecule has 0 spiro atoms. The van der Waals surface area contributed by atoms with E-state index in [4.69, 9.17) is 11.6 Å². The van der Waals surface area contributed by atoms with E-state index in [1.165, 1.54) is 12.1 Å². The molecule has 70 valence electrons. The summed E-state index contributed by atoms with van der Waals surface area (Å²) in [6.45, 7) is 2.23. The van der Waals surface area contributed by atoms with E-state index in [1.807, 2.05) is 18.2 Å². The first-order valence-corrected chi connectivity index (χ1v) is 4.89. The number of halogens is 1. The molecule has 0 radical (unpaired) electrons. The number of hydrazine groups is 1. The maximum absolute atomic E-state index is 5.93. The maximum Gasteiger partial charge on any atom is 0.0536 e. The number of hydrogen-bond donors (Lipinski definition) is 0. The van der Waals surface area contributed by atoms with Gasteiger partial charge in [0.1, 0.15) is 0 Å². The van der Waals surface area contributed by atoms with Crippen molar-refractivity contribution in [2.75, 3.05) is 25.1 Å². The van der Waals surface area contributed by atoms with Crippen LogP contribution in [-0.4, -0.2) is 25.1 Å². The molecule has 13 heavy (non-hydrogen) atoms. The van der Waals surface area contributed by atoms with Crippen molar-refractivity contribution in [3.63, 3.8) is 0 Å². The highest BCUT2D eigenvalue weighted by molar-refractivity contribution is 6.30. The molecule has 0 bridgehead atoms. The Morgan fingerprint density at radius 3 is 2.77 bits per heavy atom. The smallest absolute Gasteiger partial charge is 0.0536 e. The number of anilines is 1. The molecule has 1 aliphatic rings. The van der Waals surface area contributed by atoms with E-state index >= 15 is 0 Å². The van der Waals surface area contributed by atoms with Crippen molar-refractivity contribution in [2.24, 2.45) is 0 Å². The van der Waals surface area contributed by atoms with Gasteiger partial charge in [0.2, 0.25) is 0 Å². The summed E-state index contributed by atoms with van der Waals surface area (Å²) in [6.07, 6.45) is 1.23. The molecule has 0 amide bonds. The molecule has 1 aromatic rings. The summed E-state index contributed by atoms with van der Waals surface area (Å²) >= 11 is 5.93. The molecule has 3 heteroatoms. The van der Waals surface area contributed by atoms with Crippen LogP contribution in [0, 0.1) is 0 Å². The Hall–Kier alpha value is -0.730. The zero-order valence-corrected chi connectivity index (χ0v) is 8.46. The van der Waals surface area contributed by atoms with Crippen LogP contribution in [0.4, 0.5) is 5.69 Å². The highest BCUT2D eigenvalue weighted by atomic mass is 35.5. The van der Waals surface area contributed by atoms with Crippen LogP contribution in [0.15, 0.2) is 24.3 Å². The van der Waals surface area contributed by atoms with Crippen LogP contribution < -0.4 is 5.01 Å². The number of rotatable bonds is 1. The first-order chi connectivity index (χ1) is 6.27. The van der Waals surface area contributed by atoms with Crippen molar-refractivity contribution in [3.8, 4) is 0 Å². The van der Waals surface area contributed by atoms with Gasteiger partial charge < -0.3 is 5.01 Å². The number of nitrogens with zero attached hydrogens (tertiary/aromatic N) is 2. The fourth-order valence-electron chi connectivity index (χ4n) is 1.70. The third-order valence-electron chi connectivity index (χ3n) is 2.37. The number of hydrogen-bond acceptors (Lipinski definition) is 2. The Kier molecular flexibility index (Phi) is 2.42. The average Bonchev–Trinajstić information content (AvgIpc) is 2.51. The third kappa shape index (κ3) is 1.79. The molecule has 0 unspecified atom stereocenters. The predicted octanol–water partition coefficient (Wildman–Crippen LogP) is 2.40. The summed E-state index contributed by atoms with van der Waals surface area (Å²) in [5.74, 6) is 0. The summed E-state index contributed by atoms with van der Waals surface area (Å²) in [4.78, 5) is 0. The topological polar surface area (TPSA) is 6.48 Å². The van der Waals surface area contributed by atoms with E-state index < -0.39 is 0 Å². The van der Waals surface area contributed by atoms with Gasteiger partial charge in [-0.2, -0.15) is 0 Å². The molecule has 1 fully saturated rings. The minimum absolute atomic E-state index is 0.804. The molecule has 0 aliphatic carbocycles. The summed E-state index contributed by atoms with van der Waals surface area (Å²) in [5.41, 5.74) is 1.19. The lowest BCUT2D eigenvalue weighted by Crippen LogP contribution is -2.32. The highest BCUT2D eigenvalue weighted by Crippen LogP contribution is 2.23. The van der Waals surface area contributed by atoms with Crippen LogP contribution in [-0.2, 0) is 0 Å². The lowest BCUT2D eigenvalue weighted by atomic mass is 10.3. The van der Waals surface area contributed by atoms with Crippen molar-refractivity contribution >= 4 is 17.3 Å². The second kappa shape index (κ2) is 3.56. The zero-order chi connectivity index (χ0) is 9.26. The van der Waals surface area contributed by atoms with Crippen molar-refractivity contribution < 1.29 is 0 Å². The van der Waals surface area contributed by atoms with Crippen molar-refractivity contribution in [1.82, 2.24) is 5.01 Å². The van der Waals surface area contributed by atoms with E-state index in [0.717, 1.165) is 18.1 Å². The standard InChI is InChI=1S/C10H13ClN2/c1-12-6-3-7-13(12)10-5-2-4-9(11)8-10/h2,4-5,8H,3,6-7H2,1H3. The summed E-state index contributed by atoms with van der Waals surface area (Å²) < 4.78 is 0. The van der Waals surface area contributed by atoms with Gasteiger partial charge in [-0.25, -0.2) is 5.01 Å². The molecule has 1 aliphatic heterocycles. The molecule has 0 atom stereocenters. The fraction of sp³-hybridized carbons (Fsp3) is 0.400. The second-order valence-corrected chi connectivity index (χ2v) is 3.77. The van der Waals surface area contributed by atoms with Crippen LogP contribution in [0.5, 0.6) is 0 Å². The van der Waals surface area contributed by atoms with Gasteiger partial charge in [0, 0.05) is 25.2 Å². The quantitative estimate of drug-likeness (QED) is 0.681. The van der Waals surface area contributed by atoms with Crippen LogP contribution in [0.1, 0.15) is 6.42 Å². The summed E-state index contributed by atoms with van der Waals surface area (Å²) in [7, 11) is 2.11. The Balaban J connectivity index is 2.24. The largest absolute Gasteiger partial charge is 0.306 e. The van der Waals surface area contributed by atoms with E-state index in [-0.39, 0.29) is 0 Å². The van der Waals surface area contributed by atoms with E-state index in [0.29, 0.717) is 0 Å². The Morgan fingerprint density at radius 2 is 2.15 bits per heavy atom. The first kappa shape index (κ1) is 8.85. The predicted molar refractivity (Wildman–Crippen MR) is 56.0 cm³/mol. The fourth-order valence-corrected chi connectivity index (χ4v) is 1.89. The molecule has 0 aromatic heterocycles. The van der Waals surface area contributed by atoms with Gasteiger partial charge >= 0.3 is 0 Å². The van der Waals surface area contributed by atoms with Gasteiger partial charge in [0.15, 0.2) is 0 Å². The minimum atomic E-state index is 0.804. The van der Waals surface area contributed by atoms with Crippen LogP contribution in [0.2, 0.25) is 5.02 Å². The van der Waals surface area contributed by atoms with Gasteiger partial charge in [0.25, 0.3) is 0 Å². The number of benzene rings is 1.